The number of aliphatic hydroxyl groups excluding tert-OH is 1. The molecule has 0 heterocycles. The summed E-state index contributed by atoms with van der Waals surface area (Å²) in [5.41, 5.74) is 0. The second kappa shape index (κ2) is 16.7. The van der Waals surface area contributed by atoms with E-state index < -0.39 is 43.8 Å². The Hall–Kier alpha value is 0.110. The number of carbonyl (C=O) groups is 1. The van der Waals surface area contributed by atoms with E-state index in [1.54, 1.807) is 0 Å². The van der Waals surface area contributed by atoms with Crippen LogP contribution in [0.15, 0.2) is 0 Å². The van der Waals surface area contributed by atoms with E-state index in [0.29, 0.717) is 12.8 Å². The van der Waals surface area contributed by atoms with Crippen molar-refractivity contribution in [3.05, 3.63) is 0 Å². The molecule has 0 bridgehead atoms. The fraction of sp³-hybridized carbons (Fsp3) is 0.941. The zero-order chi connectivity index (χ0) is 23.0. The fourth-order valence-electron chi connectivity index (χ4n) is 2.89. The van der Waals surface area contributed by atoms with Crippen molar-refractivity contribution in [3.8, 4) is 0 Å². The first-order valence-corrected chi connectivity index (χ1v) is 16.0. The Morgan fingerprint density at radius 3 is 1.70 bits per heavy atom. The maximum Gasteiger partial charge on any atom is 0.302 e. The highest BCUT2D eigenvalue weighted by molar-refractivity contribution is 7.86. The van der Waals surface area contributed by atoms with Gasteiger partial charge in [0.25, 0.3) is 20.2 Å². The van der Waals surface area contributed by atoms with Crippen LogP contribution in [0.4, 0.5) is 0 Å². The van der Waals surface area contributed by atoms with Gasteiger partial charge < -0.3 is 9.84 Å². The van der Waals surface area contributed by atoms with Crippen molar-refractivity contribution in [2.24, 2.45) is 11.8 Å². The van der Waals surface area contributed by atoms with E-state index in [-0.39, 0.29) is 19.0 Å². The zero-order valence-electron chi connectivity index (χ0n) is 17.5. The monoisotopic (exact) mass is 510 g/mol. The minimum atomic E-state index is -4.09. The summed E-state index contributed by atoms with van der Waals surface area (Å²) in [4.78, 5) is 10.9. The van der Waals surface area contributed by atoms with Gasteiger partial charge in [-0.3, -0.25) is 13.9 Å². The molecule has 0 aliphatic carbocycles. The molecule has 0 spiro atoms. The number of ether oxygens (including phenoxy) is 1. The van der Waals surface area contributed by atoms with Crippen molar-refractivity contribution in [1.82, 2.24) is 0 Å². The maximum atomic E-state index is 11.1. The maximum absolute atomic E-state index is 11.1. The molecule has 0 aromatic heterocycles. The van der Waals surface area contributed by atoms with Gasteiger partial charge in [0, 0.05) is 19.4 Å². The molecular formula is C17H36O9P2S2. The van der Waals surface area contributed by atoms with Gasteiger partial charge in [0.2, 0.25) is 0 Å². The van der Waals surface area contributed by atoms with Gasteiger partial charge in [-0.2, -0.15) is 16.8 Å². The topological polar surface area (TPSA) is 155 Å². The molecule has 4 unspecified atom stereocenters. The third-order valence-corrected chi connectivity index (χ3v) is 8.93. The first kappa shape index (κ1) is 30.1. The van der Waals surface area contributed by atoms with Crippen molar-refractivity contribution in [3.63, 3.8) is 0 Å². The highest BCUT2D eigenvalue weighted by Crippen LogP contribution is 2.22. The molecule has 30 heavy (non-hydrogen) atoms. The number of carbonyl (C=O) groups excluding carboxylic acids is 1. The Balaban J connectivity index is 3.74. The van der Waals surface area contributed by atoms with Crippen molar-refractivity contribution < 1.29 is 40.6 Å². The number of aliphatic hydroxyl groups is 1. The van der Waals surface area contributed by atoms with Gasteiger partial charge in [0.15, 0.2) is 0 Å². The molecule has 0 radical (unpaired) electrons. The highest BCUT2D eigenvalue weighted by Gasteiger charge is 2.18. The van der Waals surface area contributed by atoms with Crippen LogP contribution in [0, 0.1) is 11.8 Å². The molecule has 0 amide bonds. The molecule has 9 nitrogen and oxygen atoms in total. The largest absolute Gasteiger partial charge is 0.466 e. The van der Waals surface area contributed by atoms with Gasteiger partial charge in [-0.15, -0.1) is 17.2 Å². The lowest BCUT2D eigenvalue weighted by Crippen LogP contribution is -2.21. The lowest BCUT2D eigenvalue weighted by molar-refractivity contribution is -0.142. The van der Waals surface area contributed by atoms with Gasteiger partial charge in [0.05, 0.1) is 18.1 Å². The van der Waals surface area contributed by atoms with E-state index >= 15 is 0 Å². The average Bonchev–Trinajstić information content (AvgIpc) is 2.60. The van der Waals surface area contributed by atoms with Gasteiger partial charge in [-0.1, -0.05) is 0 Å². The Kier molecular flexibility index (Phi) is 16.8. The fourth-order valence-corrected chi connectivity index (χ4v) is 7.23. The summed E-state index contributed by atoms with van der Waals surface area (Å²) in [7, 11) is -6.57. The molecule has 0 fully saturated rings. The summed E-state index contributed by atoms with van der Waals surface area (Å²) in [6.07, 6.45) is 8.08. The summed E-state index contributed by atoms with van der Waals surface area (Å²) in [6.45, 7) is 1.02. The van der Waals surface area contributed by atoms with Crippen LogP contribution >= 0.6 is 17.2 Å². The predicted molar refractivity (Wildman–Crippen MR) is 123 cm³/mol. The van der Waals surface area contributed by atoms with E-state index in [1.165, 1.54) is 6.92 Å². The van der Waals surface area contributed by atoms with E-state index in [2.05, 4.69) is 0 Å². The molecule has 0 aliphatic heterocycles. The second-order valence-electron chi connectivity index (χ2n) is 7.35. The van der Waals surface area contributed by atoms with Crippen LogP contribution in [0.3, 0.4) is 0 Å². The Bertz CT molecular complexity index is 669. The van der Waals surface area contributed by atoms with Crippen LogP contribution in [-0.4, -0.2) is 86.4 Å². The van der Waals surface area contributed by atoms with E-state index in [9.17, 15) is 21.6 Å². The summed E-state index contributed by atoms with van der Waals surface area (Å²) in [5, 5.41) is 9.14. The lowest BCUT2D eigenvalue weighted by Gasteiger charge is -2.15. The minimum absolute atomic E-state index is 0.000722. The third kappa shape index (κ3) is 21.3. The molecule has 0 aromatic rings. The number of hydrogen-bond donors (Lipinski definition) is 3. The molecule has 180 valence electrons. The predicted octanol–water partition coefficient (Wildman–Crippen LogP) is 1.86. The summed E-state index contributed by atoms with van der Waals surface area (Å²) < 4.78 is 66.4. The van der Waals surface area contributed by atoms with E-state index in [1.807, 2.05) is 0 Å². The second-order valence-corrected chi connectivity index (χ2v) is 13.3. The minimum Gasteiger partial charge on any atom is -0.466 e. The Morgan fingerprint density at radius 1 is 0.833 bits per heavy atom. The standard InChI is InChI=1S/C17H36O9P2S2/c1-15(19)26-12-17(14-30(23,24)25)6-3-8-28-10-4-9-27-7-2-5-16(11-18)13-29(20,21)22/h16-18,27-28H,2-14H2,1H3,(H,20,21,22)(H,23,24,25). The molecule has 0 aliphatic rings. The normalized spacial score (nSPS) is 15.2. The zero-order valence-corrected chi connectivity index (χ0v) is 21.1. The highest BCUT2D eigenvalue weighted by atomic mass is 32.2. The first-order valence-electron chi connectivity index (χ1n) is 9.99. The van der Waals surface area contributed by atoms with Gasteiger partial charge in [0.1, 0.15) is 0 Å². The Labute approximate surface area is 184 Å². The van der Waals surface area contributed by atoms with Crippen LogP contribution in [0.2, 0.25) is 0 Å². The first-order chi connectivity index (χ1) is 13.9. The average molecular weight is 511 g/mol. The lowest BCUT2D eigenvalue weighted by atomic mass is 10.1. The van der Waals surface area contributed by atoms with Crippen LogP contribution in [0.5, 0.6) is 0 Å². The quantitative estimate of drug-likeness (QED) is 0.102. The van der Waals surface area contributed by atoms with Gasteiger partial charge >= 0.3 is 5.97 Å². The Morgan fingerprint density at radius 2 is 1.27 bits per heavy atom. The summed E-state index contributed by atoms with van der Waals surface area (Å²) >= 11 is 0. The number of rotatable bonds is 19. The molecular weight excluding hydrogens is 474 g/mol. The third-order valence-electron chi connectivity index (χ3n) is 4.31. The van der Waals surface area contributed by atoms with E-state index in [0.717, 1.165) is 61.1 Å². The summed E-state index contributed by atoms with van der Waals surface area (Å²) in [6, 6.07) is 0. The number of esters is 1. The molecule has 0 aromatic carbocycles. The molecule has 0 saturated heterocycles. The summed E-state index contributed by atoms with van der Waals surface area (Å²) in [5.74, 6) is -2.05. The molecule has 4 atom stereocenters. The van der Waals surface area contributed by atoms with Crippen molar-refractivity contribution in [2.75, 3.05) is 49.4 Å². The van der Waals surface area contributed by atoms with Crippen molar-refractivity contribution in [2.45, 2.75) is 39.0 Å². The van der Waals surface area contributed by atoms with Gasteiger partial charge in [-0.05, 0) is 62.7 Å². The van der Waals surface area contributed by atoms with Gasteiger partial charge in [-0.25, -0.2) is 0 Å². The van der Waals surface area contributed by atoms with Crippen LogP contribution in [0.25, 0.3) is 0 Å². The van der Waals surface area contributed by atoms with Crippen LogP contribution in [-0.2, 0) is 29.8 Å². The van der Waals surface area contributed by atoms with E-state index in [4.69, 9.17) is 18.9 Å². The smallest absolute Gasteiger partial charge is 0.302 e. The number of hydrogen-bond acceptors (Lipinski definition) is 7. The molecule has 0 rings (SSSR count). The molecule has 0 saturated carbocycles. The van der Waals surface area contributed by atoms with Crippen LogP contribution in [0.1, 0.15) is 39.0 Å². The molecule has 13 heteroatoms. The van der Waals surface area contributed by atoms with Crippen LogP contribution < -0.4 is 0 Å². The SMILES string of the molecule is CC(=O)OCC(CCCPCCCPCCCC(CO)CS(=O)(=O)O)CS(=O)(=O)O. The van der Waals surface area contributed by atoms with Crippen molar-refractivity contribution >= 4 is 43.4 Å². The van der Waals surface area contributed by atoms with Crippen molar-refractivity contribution in [1.29, 1.82) is 0 Å². The molecule has 3 N–H and O–H groups in total.